The van der Waals surface area contributed by atoms with Crippen LogP contribution in [0, 0.1) is 20.8 Å². The molecule has 0 saturated heterocycles. The standard InChI is InChI=1S/C17H18F3N3O3/c1-10-6-11(2)14(12(3)7-10)21-13(24)8-22-4-5-23(9-17(18,19)20)16(26)15(22)25/h4-7H,8-9H2,1-3H3,(H,21,24). The van der Waals surface area contributed by atoms with E-state index in [0.29, 0.717) is 5.69 Å². The van der Waals surface area contributed by atoms with Crippen LogP contribution in [0.15, 0.2) is 34.1 Å². The van der Waals surface area contributed by atoms with Crippen molar-refractivity contribution in [2.24, 2.45) is 0 Å². The summed E-state index contributed by atoms with van der Waals surface area (Å²) in [6.07, 6.45) is -2.79. The van der Waals surface area contributed by atoms with Crippen molar-refractivity contribution in [1.29, 1.82) is 0 Å². The zero-order valence-electron chi connectivity index (χ0n) is 14.5. The number of aryl methyl sites for hydroxylation is 3. The third-order valence-electron chi connectivity index (χ3n) is 3.74. The normalized spacial score (nSPS) is 11.5. The quantitative estimate of drug-likeness (QED) is 0.840. The number of hydrogen-bond acceptors (Lipinski definition) is 3. The van der Waals surface area contributed by atoms with E-state index in [4.69, 9.17) is 0 Å². The molecule has 140 valence electrons. The third kappa shape index (κ3) is 4.62. The number of halogens is 3. The molecule has 0 unspecified atom stereocenters. The van der Waals surface area contributed by atoms with Gasteiger partial charge in [-0.1, -0.05) is 17.7 Å². The third-order valence-corrected chi connectivity index (χ3v) is 3.74. The molecular weight excluding hydrogens is 351 g/mol. The Labute approximate surface area is 146 Å². The van der Waals surface area contributed by atoms with Crippen molar-refractivity contribution in [3.8, 4) is 0 Å². The van der Waals surface area contributed by atoms with Gasteiger partial charge in [0.15, 0.2) is 0 Å². The molecule has 6 nitrogen and oxygen atoms in total. The van der Waals surface area contributed by atoms with Crippen LogP contribution in [-0.2, 0) is 17.9 Å². The van der Waals surface area contributed by atoms with E-state index < -0.39 is 36.3 Å². The van der Waals surface area contributed by atoms with Crippen LogP contribution in [-0.4, -0.2) is 21.2 Å². The number of amides is 1. The van der Waals surface area contributed by atoms with E-state index in [2.05, 4.69) is 5.32 Å². The maximum atomic E-state index is 12.4. The lowest BCUT2D eigenvalue weighted by Gasteiger charge is -2.14. The van der Waals surface area contributed by atoms with E-state index in [1.54, 1.807) is 0 Å². The second-order valence-corrected chi connectivity index (χ2v) is 6.10. The monoisotopic (exact) mass is 369 g/mol. The minimum atomic E-state index is -4.62. The van der Waals surface area contributed by atoms with Crippen LogP contribution in [0.2, 0.25) is 0 Å². The van der Waals surface area contributed by atoms with Crippen LogP contribution in [0.25, 0.3) is 0 Å². The number of hydrogen-bond donors (Lipinski definition) is 1. The first kappa shape index (κ1) is 19.5. The Balaban J connectivity index is 2.22. The predicted octanol–water partition coefficient (Wildman–Crippen LogP) is 2.14. The van der Waals surface area contributed by atoms with Gasteiger partial charge in [-0.3, -0.25) is 19.0 Å². The Morgan fingerprint density at radius 3 is 2.04 bits per heavy atom. The van der Waals surface area contributed by atoms with E-state index in [-0.39, 0.29) is 4.57 Å². The molecule has 2 aromatic rings. The summed E-state index contributed by atoms with van der Waals surface area (Å²) in [4.78, 5) is 35.9. The number of benzene rings is 1. The first-order valence-corrected chi connectivity index (χ1v) is 7.72. The van der Waals surface area contributed by atoms with Crippen molar-refractivity contribution in [3.63, 3.8) is 0 Å². The van der Waals surface area contributed by atoms with E-state index in [1.165, 1.54) is 0 Å². The zero-order chi connectivity index (χ0) is 19.6. The second-order valence-electron chi connectivity index (χ2n) is 6.10. The van der Waals surface area contributed by atoms with E-state index in [9.17, 15) is 27.6 Å². The fraction of sp³-hybridized carbons (Fsp3) is 0.353. The van der Waals surface area contributed by atoms with Crippen LogP contribution in [0.3, 0.4) is 0 Å². The molecule has 1 heterocycles. The SMILES string of the molecule is Cc1cc(C)c(NC(=O)Cn2ccn(CC(F)(F)F)c(=O)c2=O)c(C)c1. The number of carbonyl (C=O) groups is 1. The summed E-state index contributed by atoms with van der Waals surface area (Å²) in [5.74, 6) is -0.560. The van der Waals surface area contributed by atoms with Crippen molar-refractivity contribution < 1.29 is 18.0 Å². The molecule has 0 aliphatic heterocycles. The van der Waals surface area contributed by atoms with Gasteiger partial charge in [-0.2, -0.15) is 13.2 Å². The maximum absolute atomic E-state index is 12.4. The van der Waals surface area contributed by atoms with Gasteiger partial charge in [0.05, 0.1) is 0 Å². The van der Waals surface area contributed by atoms with E-state index in [1.807, 2.05) is 32.9 Å². The summed E-state index contributed by atoms with van der Waals surface area (Å²) >= 11 is 0. The average molecular weight is 369 g/mol. The van der Waals surface area contributed by atoms with Crippen LogP contribution >= 0.6 is 0 Å². The largest absolute Gasteiger partial charge is 0.406 e. The number of anilines is 1. The highest BCUT2D eigenvalue weighted by Crippen LogP contribution is 2.21. The Bertz CT molecular complexity index is 935. The topological polar surface area (TPSA) is 73.1 Å². The summed E-state index contributed by atoms with van der Waals surface area (Å²) in [6, 6.07) is 3.76. The van der Waals surface area contributed by atoms with Crippen LogP contribution in [0.4, 0.5) is 18.9 Å². The minimum Gasteiger partial charge on any atom is -0.324 e. The molecule has 0 atom stereocenters. The molecule has 0 aliphatic rings. The van der Waals surface area contributed by atoms with E-state index >= 15 is 0 Å². The molecule has 2 rings (SSSR count). The Hall–Kier alpha value is -2.84. The Morgan fingerprint density at radius 1 is 1.00 bits per heavy atom. The highest BCUT2D eigenvalue weighted by atomic mass is 19.4. The summed E-state index contributed by atoms with van der Waals surface area (Å²) in [6.45, 7) is 3.52. The molecule has 0 aliphatic carbocycles. The Kier molecular flexibility index (Phi) is 5.38. The number of nitrogens with one attached hydrogen (secondary N) is 1. The van der Waals surface area contributed by atoms with Gasteiger partial charge in [0.1, 0.15) is 13.1 Å². The van der Waals surface area contributed by atoms with Crippen molar-refractivity contribution in [1.82, 2.24) is 9.13 Å². The Morgan fingerprint density at radius 2 is 1.50 bits per heavy atom. The summed E-state index contributed by atoms with van der Waals surface area (Å²) in [5.41, 5.74) is 0.777. The smallest absolute Gasteiger partial charge is 0.324 e. The van der Waals surface area contributed by atoms with Gasteiger partial charge in [-0.15, -0.1) is 0 Å². The molecular formula is C17H18F3N3O3. The van der Waals surface area contributed by atoms with Gasteiger partial charge in [0.2, 0.25) is 5.91 Å². The van der Waals surface area contributed by atoms with Crippen molar-refractivity contribution in [2.75, 3.05) is 5.32 Å². The molecule has 0 saturated carbocycles. The maximum Gasteiger partial charge on any atom is 0.406 e. The van der Waals surface area contributed by atoms with Crippen molar-refractivity contribution in [2.45, 2.75) is 40.0 Å². The second kappa shape index (κ2) is 7.19. The molecule has 0 bridgehead atoms. The number of alkyl halides is 3. The molecule has 0 spiro atoms. The fourth-order valence-electron chi connectivity index (χ4n) is 2.70. The molecule has 1 aromatic carbocycles. The van der Waals surface area contributed by atoms with Crippen LogP contribution in [0.1, 0.15) is 16.7 Å². The van der Waals surface area contributed by atoms with Gasteiger partial charge in [-0.25, -0.2) is 0 Å². The lowest BCUT2D eigenvalue weighted by Crippen LogP contribution is -2.43. The van der Waals surface area contributed by atoms with Crippen LogP contribution in [0.5, 0.6) is 0 Å². The van der Waals surface area contributed by atoms with Crippen LogP contribution < -0.4 is 16.4 Å². The number of aromatic nitrogens is 2. The van der Waals surface area contributed by atoms with Crippen molar-refractivity contribution >= 4 is 11.6 Å². The molecule has 26 heavy (non-hydrogen) atoms. The van der Waals surface area contributed by atoms with Gasteiger partial charge < -0.3 is 9.88 Å². The lowest BCUT2D eigenvalue weighted by molar-refractivity contribution is -0.141. The number of rotatable bonds is 4. The molecule has 1 N–H and O–H groups in total. The molecule has 1 aromatic heterocycles. The number of nitrogens with zero attached hydrogens (tertiary/aromatic N) is 2. The summed E-state index contributed by atoms with van der Waals surface area (Å²) in [7, 11) is 0. The first-order valence-electron chi connectivity index (χ1n) is 7.72. The molecule has 0 radical (unpaired) electrons. The average Bonchev–Trinajstić information content (AvgIpc) is 2.49. The van der Waals surface area contributed by atoms with Gasteiger partial charge in [0.25, 0.3) is 0 Å². The number of carbonyl (C=O) groups excluding carboxylic acids is 1. The van der Waals surface area contributed by atoms with Crippen molar-refractivity contribution in [3.05, 3.63) is 61.9 Å². The first-order chi connectivity index (χ1) is 12.0. The molecule has 0 fully saturated rings. The molecule has 9 heteroatoms. The predicted molar refractivity (Wildman–Crippen MR) is 90.3 cm³/mol. The highest BCUT2D eigenvalue weighted by Gasteiger charge is 2.28. The van der Waals surface area contributed by atoms with E-state index in [0.717, 1.165) is 33.7 Å². The van der Waals surface area contributed by atoms with Gasteiger partial charge >= 0.3 is 17.3 Å². The van der Waals surface area contributed by atoms with Gasteiger partial charge in [-0.05, 0) is 31.9 Å². The highest BCUT2D eigenvalue weighted by molar-refractivity contribution is 5.92. The zero-order valence-corrected chi connectivity index (χ0v) is 14.5. The lowest BCUT2D eigenvalue weighted by atomic mass is 10.1. The summed E-state index contributed by atoms with van der Waals surface area (Å²) < 4.78 is 38.2. The minimum absolute atomic E-state index is 0.269. The molecule has 1 amide bonds. The fourth-order valence-corrected chi connectivity index (χ4v) is 2.70. The summed E-state index contributed by atoms with van der Waals surface area (Å²) in [5, 5.41) is 2.67. The van der Waals surface area contributed by atoms with Gasteiger partial charge in [0, 0.05) is 18.1 Å².